The van der Waals surface area contributed by atoms with Crippen LogP contribution in [0.15, 0.2) is 0 Å². The molecule has 0 saturated heterocycles. The van der Waals surface area contributed by atoms with Gasteiger partial charge >= 0.3 is 0 Å². The Kier molecular flexibility index (Phi) is 8.02. The van der Waals surface area contributed by atoms with E-state index < -0.39 is 0 Å². The van der Waals surface area contributed by atoms with Crippen LogP contribution in [-0.2, 0) is 0 Å². The number of unbranched alkanes of at least 4 members (excludes halogenated alkanes) is 1. The molecule has 0 amide bonds. The van der Waals surface area contributed by atoms with E-state index in [4.69, 9.17) is 11.0 Å². The lowest BCUT2D eigenvalue weighted by molar-refractivity contribution is 0.433. The lowest BCUT2D eigenvalue weighted by Crippen LogP contribution is -2.07. The van der Waals surface area contributed by atoms with Crippen molar-refractivity contribution in [3.63, 3.8) is 0 Å². The SMILES string of the molecule is CC(C)(C#N)CCCCSCCCN. The van der Waals surface area contributed by atoms with Gasteiger partial charge in [-0.05, 0) is 51.2 Å². The topological polar surface area (TPSA) is 49.8 Å². The highest BCUT2D eigenvalue weighted by Gasteiger charge is 2.14. The molecule has 0 aliphatic rings. The summed E-state index contributed by atoms with van der Waals surface area (Å²) in [6.45, 7) is 4.82. The van der Waals surface area contributed by atoms with Crippen molar-refractivity contribution in [2.75, 3.05) is 18.1 Å². The molecule has 2 nitrogen and oxygen atoms in total. The third-order valence-corrected chi connectivity index (χ3v) is 3.29. The first-order valence-corrected chi connectivity index (χ1v) is 6.47. The fourth-order valence-corrected chi connectivity index (χ4v) is 2.10. The molecule has 0 radical (unpaired) electrons. The Bertz CT molecular complexity index is 173. The van der Waals surface area contributed by atoms with Crippen molar-refractivity contribution >= 4 is 11.8 Å². The van der Waals surface area contributed by atoms with Gasteiger partial charge in [0, 0.05) is 0 Å². The Morgan fingerprint density at radius 2 is 1.86 bits per heavy atom. The smallest absolute Gasteiger partial charge is 0.0683 e. The predicted molar refractivity (Wildman–Crippen MR) is 64.2 cm³/mol. The fourth-order valence-electron chi connectivity index (χ4n) is 1.11. The molecule has 0 aromatic heterocycles. The fraction of sp³-hybridized carbons (Fsp3) is 0.909. The van der Waals surface area contributed by atoms with Crippen LogP contribution in [0.1, 0.15) is 39.5 Å². The van der Waals surface area contributed by atoms with Crippen LogP contribution >= 0.6 is 11.8 Å². The Labute approximate surface area is 92.2 Å². The van der Waals surface area contributed by atoms with Crippen molar-refractivity contribution in [1.29, 1.82) is 5.26 Å². The average molecular weight is 214 g/mol. The molecule has 0 heterocycles. The normalized spacial score (nSPS) is 11.3. The van der Waals surface area contributed by atoms with E-state index in [2.05, 4.69) is 6.07 Å². The van der Waals surface area contributed by atoms with Gasteiger partial charge < -0.3 is 5.73 Å². The molecule has 0 fully saturated rings. The van der Waals surface area contributed by atoms with Crippen molar-refractivity contribution in [3.05, 3.63) is 0 Å². The molecule has 0 spiro atoms. The molecular formula is C11H22N2S. The van der Waals surface area contributed by atoms with Crippen LogP contribution in [0.5, 0.6) is 0 Å². The van der Waals surface area contributed by atoms with Gasteiger partial charge in [-0.2, -0.15) is 17.0 Å². The second-order valence-corrected chi connectivity index (χ2v) is 5.43. The molecule has 0 aliphatic heterocycles. The van der Waals surface area contributed by atoms with Crippen molar-refractivity contribution in [1.82, 2.24) is 0 Å². The number of thioether (sulfide) groups is 1. The molecule has 0 atom stereocenters. The van der Waals surface area contributed by atoms with Crippen molar-refractivity contribution in [2.45, 2.75) is 39.5 Å². The summed E-state index contributed by atoms with van der Waals surface area (Å²) in [5.41, 5.74) is 5.26. The van der Waals surface area contributed by atoms with Gasteiger partial charge in [0.05, 0.1) is 11.5 Å². The number of hydrogen-bond acceptors (Lipinski definition) is 3. The molecule has 0 aromatic rings. The predicted octanol–water partition coefficient (Wildman–Crippen LogP) is 2.79. The van der Waals surface area contributed by atoms with Crippen molar-refractivity contribution in [3.8, 4) is 6.07 Å². The molecule has 0 aromatic carbocycles. The van der Waals surface area contributed by atoms with Gasteiger partial charge in [-0.25, -0.2) is 0 Å². The second-order valence-electron chi connectivity index (χ2n) is 4.21. The van der Waals surface area contributed by atoms with Gasteiger partial charge in [0.25, 0.3) is 0 Å². The van der Waals surface area contributed by atoms with Crippen LogP contribution in [0.3, 0.4) is 0 Å². The zero-order valence-electron chi connectivity index (χ0n) is 9.38. The van der Waals surface area contributed by atoms with E-state index in [1.807, 2.05) is 25.6 Å². The summed E-state index contributed by atoms with van der Waals surface area (Å²) in [7, 11) is 0. The summed E-state index contributed by atoms with van der Waals surface area (Å²) in [6, 6.07) is 2.33. The van der Waals surface area contributed by atoms with Gasteiger partial charge in [-0.1, -0.05) is 6.42 Å². The van der Waals surface area contributed by atoms with Gasteiger partial charge in [0.15, 0.2) is 0 Å². The molecule has 0 rings (SSSR count). The molecular weight excluding hydrogens is 192 g/mol. The van der Waals surface area contributed by atoms with Crippen LogP contribution in [0.25, 0.3) is 0 Å². The number of rotatable bonds is 8. The summed E-state index contributed by atoms with van der Waals surface area (Å²) >= 11 is 1.97. The third kappa shape index (κ3) is 8.40. The maximum atomic E-state index is 8.80. The van der Waals surface area contributed by atoms with Crippen LogP contribution in [0.4, 0.5) is 0 Å². The van der Waals surface area contributed by atoms with E-state index in [1.165, 1.54) is 17.9 Å². The molecule has 0 bridgehead atoms. The quantitative estimate of drug-likeness (QED) is 0.632. The minimum atomic E-state index is -0.137. The summed E-state index contributed by atoms with van der Waals surface area (Å²) in [5.74, 6) is 2.39. The van der Waals surface area contributed by atoms with Crippen molar-refractivity contribution < 1.29 is 0 Å². The average Bonchev–Trinajstić information content (AvgIpc) is 2.16. The molecule has 0 saturated carbocycles. The molecule has 2 N–H and O–H groups in total. The monoisotopic (exact) mass is 214 g/mol. The van der Waals surface area contributed by atoms with Crippen LogP contribution in [0.2, 0.25) is 0 Å². The van der Waals surface area contributed by atoms with Crippen LogP contribution in [0, 0.1) is 16.7 Å². The Balaban J connectivity index is 3.18. The van der Waals surface area contributed by atoms with E-state index in [9.17, 15) is 0 Å². The van der Waals surface area contributed by atoms with Gasteiger partial charge in [0.2, 0.25) is 0 Å². The highest BCUT2D eigenvalue weighted by Crippen LogP contribution is 2.22. The maximum Gasteiger partial charge on any atom is 0.0683 e. The lowest BCUT2D eigenvalue weighted by atomic mass is 9.89. The molecule has 3 heteroatoms. The molecule has 0 aliphatic carbocycles. The lowest BCUT2D eigenvalue weighted by Gasteiger charge is -2.13. The minimum absolute atomic E-state index is 0.137. The summed E-state index contributed by atoms with van der Waals surface area (Å²) in [4.78, 5) is 0. The van der Waals surface area contributed by atoms with E-state index >= 15 is 0 Å². The van der Waals surface area contributed by atoms with Gasteiger partial charge in [0.1, 0.15) is 0 Å². The largest absolute Gasteiger partial charge is 0.330 e. The van der Waals surface area contributed by atoms with E-state index in [0.29, 0.717) is 0 Å². The first kappa shape index (κ1) is 13.8. The first-order chi connectivity index (χ1) is 6.62. The third-order valence-electron chi connectivity index (χ3n) is 2.14. The number of nitrogens with two attached hydrogens (primary N) is 1. The summed E-state index contributed by atoms with van der Waals surface area (Å²) < 4.78 is 0. The standard InChI is InChI=1S/C11H22N2S/c1-11(2,10-13)6-3-4-8-14-9-5-7-12/h3-9,12H2,1-2H3. The highest BCUT2D eigenvalue weighted by molar-refractivity contribution is 7.99. The number of hydrogen-bond donors (Lipinski definition) is 1. The molecule has 82 valence electrons. The van der Waals surface area contributed by atoms with Gasteiger partial charge in [-0.15, -0.1) is 0 Å². The summed E-state index contributed by atoms with van der Waals surface area (Å²) in [6.07, 6.45) is 4.52. The van der Waals surface area contributed by atoms with E-state index in [-0.39, 0.29) is 5.41 Å². The van der Waals surface area contributed by atoms with Gasteiger partial charge in [-0.3, -0.25) is 0 Å². The highest BCUT2D eigenvalue weighted by atomic mass is 32.2. The van der Waals surface area contributed by atoms with Crippen LogP contribution < -0.4 is 5.73 Å². The van der Waals surface area contributed by atoms with E-state index in [0.717, 1.165) is 25.8 Å². The maximum absolute atomic E-state index is 8.80. The second kappa shape index (κ2) is 8.14. The zero-order valence-corrected chi connectivity index (χ0v) is 10.2. The first-order valence-electron chi connectivity index (χ1n) is 5.31. The van der Waals surface area contributed by atoms with Crippen LogP contribution in [-0.4, -0.2) is 18.1 Å². The molecule has 0 unspecified atom stereocenters. The Morgan fingerprint density at radius 3 is 2.43 bits per heavy atom. The number of nitrogens with zero attached hydrogens (tertiary/aromatic N) is 1. The van der Waals surface area contributed by atoms with Crippen molar-refractivity contribution in [2.24, 2.45) is 11.1 Å². The molecule has 14 heavy (non-hydrogen) atoms. The Morgan fingerprint density at radius 1 is 1.21 bits per heavy atom. The Hall–Kier alpha value is -0.200. The van der Waals surface area contributed by atoms with E-state index in [1.54, 1.807) is 0 Å². The zero-order chi connectivity index (χ0) is 10.9. The minimum Gasteiger partial charge on any atom is -0.330 e. The number of nitriles is 1. The summed E-state index contributed by atoms with van der Waals surface area (Å²) in [5, 5.41) is 8.80.